The molecule has 1 aliphatic rings. The van der Waals surface area contributed by atoms with Gasteiger partial charge in [-0.25, -0.2) is 0 Å². The molecule has 0 unspecified atom stereocenters. The molecule has 0 spiro atoms. The predicted octanol–water partition coefficient (Wildman–Crippen LogP) is -0.385. The number of amides is 1. The molecule has 1 aliphatic heterocycles. The molecule has 0 radical (unpaired) electrons. The lowest BCUT2D eigenvalue weighted by Gasteiger charge is -2.30. The van der Waals surface area contributed by atoms with Gasteiger partial charge in [0.15, 0.2) is 0 Å². The van der Waals surface area contributed by atoms with Gasteiger partial charge in [-0.05, 0) is 24.3 Å². The van der Waals surface area contributed by atoms with E-state index in [9.17, 15) is 14.6 Å². The van der Waals surface area contributed by atoms with Gasteiger partial charge in [-0.15, -0.1) is 11.3 Å². The minimum atomic E-state index is -1.12. The molecule has 1 amide bonds. The van der Waals surface area contributed by atoms with Crippen LogP contribution in [0.4, 0.5) is 0 Å². The monoisotopic (exact) mass is 298 g/mol. The Labute approximate surface area is 120 Å². The highest BCUT2D eigenvalue weighted by molar-refractivity contribution is 7.10. The first-order valence-electron chi connectivity index (χ1n) is 6.44. The van der Waals surface area contributed by atoms with Crippen molar-refractivity contribution in [3.05, 3.63) is 22.4 Å². The van der Waals surface area contributed by atoms with Crippen LogP contribution in [0.3, 0.4) is 0 Å². The molecule has 8 heteroatoms. The van der Waals surface area contributed by atoms with Gasteiger partial charge >= 0.3 is 13.1 Å². The van der Waals surface area contributed by atoms with E-state index in [2.05, 4.69) is 5.32 Å². The topological polar surface area (TPSA) is 98.5 Å². The molecule has 0 aromatic carbocycles. The second-order valence-electron chi connectivity index (χ2n) is 4.78. The van der Waals surface area contributed by atoms with Crippen molar-refractivity contribution in [2.45, 2.75) is 37.7 Å². The molecule has 0 aliphatic carbocycles. The summed E-state index contributed by atoms with van der Waals surface area (Å²) in [6.45, 7) is 0. The van der Waals surface area contributed by atoms with E-state index in [4.69, 9.17) is 9.76 Å². The first-order valence-corrected chi connectivity index (χ1v) is 7.32. The van der Waals surface area contributed by atoms with Gasteiger partial charge in [-0.1, -0.05) is 6.07 Å². The number of thiophene rings is 1. The number of carbonyl (C=O) groups is 2. The van der Waals surface area contributed by atoms with Gasteiger partial charge in [0.1, 0.15) is 6.42 Å². The van der Waals surface area contributed by atoms with Crippen LogP contribution in [-0.2, 0) is 20.7 Å². The third-order valence-electron chi connectivity index (χ3n) is 3.15. The lowest BCUT2D eigenvalue weighted by Crippen LogP contribution is -2.53. The van der Waals surface area contributed by atoms with E-state index in [1.165, 1.54) is 11.3 Å². The number of carbonyl (C=O) groups excluding carboxylic acids is 2. The molecule has 1 aromatic heterocycles. The molecule has 1 aromatic rings. The molecular weight excluding hydrogens is 281 g/mol. The maximum Gasteiger partial charge on any atom is 0.518 e. The fraction of sp³-hybridized carbons (Fsp3) is 0.500. The van der Waals surface area contributed by atoms with Gasteiger partial charge in [0.2, 0.25) is 5.91 Å². The summed E-state index contributed by atoms with van der Waals surface area (Å²) in [4.78, 5) is 23.5. The molecule has 2 rings (SSSR count). The number of hydrogen-bond donors (Lipinski definition) is 2. The summed E-state index contributed by atoms with van der Waals surface area (Å²) >= 11 is 1.51. The second kappa shape index (κ2) is 6.87. The van der Waals surface area contributed by atoms with Crippen LogP contribution in [0.2, 0.25) is 0 Å². The van der Waals surface area contributed by atoms with Crippen LogP contribution in [0, 0.1) is 0 Å². The van der Waals surface area contributed by atoms with Gasteiger partial charge in [0, 0.05) is 9.67 Å². The molecule has 2 atom stereocenters. The Kier molecular flexibility index (Phi) is 5.16. The van der Waals surface area contributed by atoms with Crippen LogP contribution in [0.15, 0.2) is 17.5 Å². The van der Waals surface area contributed by atoms with Gasteiger partial charge in [-0.3, -0.25) is 4.79 Å². The van der Waals surface area contributed by atoms with Crippen molar-refractivity contribution >= 4 is 30.3 Å². The third-order valence-corrected chi connectivity index (χ3v) is 4.03. The van der Waals surface area contributed by atoms with E-state index in [-0.39, 0.29) is 18.7 Å². The smallest absolute Gasteiger partial charge is 0.518 e. The molecule has 0 saturated carbocycles. The van der Waals surface area contributed by atoms with E-state index in [0.717, 1.165) is 4.88 Å². The molecule has 6 nitrogen and oxygen atoms in total. The van der Waals surface area contributed by atoms with Gasteiger partial charge in [-0.2, -0.15) is 0 Å². The maximum absolute atomic E-state index is 11.8. The van der Waals surface area contributed by atoms with E-state index >= 15 is 0 Å². The quantitative estimate of drug-likeness (QED) is 0.571. The fourth-order valence-corrected chi connectivity index (χ4v) is 2.90. The van der Waals surface area contributed by atoms with Crippen LogP contribution < -0.4 is 5.32 Å². The van der Waals surface area contributed by atoms with E-state index in [1.807, 2.05) is 17.5 Å². The zero-order valence-electron chi connectivity index (χ0n) is 10.9. The van der Waals surface area contributed by atoms with Crippen molar-refractivity contribution in [1.29, 1.82) is 0 Å². The first-order chi connectivity index (χ1) is 9.54. The van der Waals surface area contributed by atoms with Crippen LogP contribution >= 0.6 is 11.3 Å². The lowest BCUT2D eigenvalue weighted by atomic mass is 9.72. The zero-order chi connectivity index (χ0) is 14.5. The predicted molar refractivity (Wildman–Crippen MR) is 75.3 cm³/mol. The Morgan fingerprint density at radius 2 is 2.35 bits per heavy atom. The van der Waals surface area contributed by atoms with Crippen molar-refractivity contribution in [2.75, 3.05) is 0 Å². The molecular formula is C12H17BNO5S+. The Hall–Kier alpha value is -1.38. The molecule has 1 saturated heterocycles. The Morgan fingerprint density at radius 3 is 2.95 bits per heavy atom. The van der Waals surface area contributed by atoms with Gasteiger partial charge in [0.25, 0.3) is 0 Å². The summed E-state index contributed by atoms with van der Waals surface area (Å²) in [6, 6.07) is 3.77. The summed E-state index contributed by atoms with van der Waals surface area (Å²) in [6.07, 6.45) is 0.920. The van der Waals surface area contributed by atoms with Crippen molar-refractivity contribution in [2.24, 2.45) is 0 Å². The molecule has 108 valence electrons. The lowest BCUT2D eigenvalue weighted by molar-refractivity contribution is -0.139. The minimum Gasteiger partial charge on any atom is -0.565 e. The average Bonchev–Trinajstić information content (AvgIpc) is 2.84. The molecule has 2 heterocycles. The maximum atomic E-state index is 11.8. The van der Waals surface area contributed by atoms with Crippen LogP contribution in [0.1, 0.15) is 24.1 Å². The van der Waals surface area contributed by atoms with Gasteiger partial charge in [0.05, 0.1) is 18.5 Å². The van der Waals surface area contributed by atoms with Gasteiger partial charge < -0.3 is 20.1 Å². The highest BCUT2D eigenvalue weighted by atomic mass is 32.1. The highest BCUT2D eigenvalue weighted by Crippen LogP contribution is 2.19. The molecule has 0 bridgehead atoms. The summed E-state index contributed by atoms with van der Waals surface area (Å²) in [5.74, 6) is -1.32. The van der Waals surface area contributed by atoms with Crippen molar-refractivity contribution in [3.8, 4) is 0 Å². The molecule has 1 fully saturated rings. The number of rotatable bonds is 5. The number of hydrogen-bond acceptors (Lipinski definition) is 5. The SMILES string of the molecule is O=C([OH2+])C[C@@H]1CC[C@H](NC(=O)Cc2cccs2)B(O)O1. The van der Waals surface area contributed by atoms with E-state index in [0.29, 0.717) is 12.8 Å². The standard InChI is InChI=1S/C12H16BNO5S/c15-11(7-9-2-1-5-20-9)14-10-4-3-8(6-12(16)17)19-13(10)18/h1-2,5,8,10,18H,3-4,6-7H2,(H,14,15)(H,16,17)/p+1/t8-,10-/m0/s1. The van der Waals surface area contributed by atoms with E-state index < -0.39 is 25.1 Å². The Morgan fingerprint density at radius 1 is 1.55 bits per heavy atom. The fourth-order valence-electron chi connectivity index (χ4n) is 2.20. The molecule has 4 N–H and O–H groups in total. The summed E-state index contributed by atoms with van der Waals surface area (Å²) in [7, 11) is -1.12. The summed E-state index contributed by atoms with van der Waals surface area (Å²) in [5.41, 5.74) is 0. The average molecular weight is 298 g/mol. The van der Waals surface area contributed by atoms with Crippen LogP contribution in [0.25, 0.3) is 0 Å². The third kappa shape index (κ3) is 4.33. The first kappa shape index (κ1) is 15.0. The van der Waals surface area contributed by atoms with E-state index in [1.54, 1.807) is 0 Å². The van der Waals surface area contributed by atoms with Crippen LogP contribution in [-0.4, -0.2) is 41.2 Å². The Bertz CT molecular complexity index is 466. The normalized spacial score (nSPS) is 22.6. The Balaban J connectivity index is 1.79. The highest BCUT2D eigenvalue weighted by Gasteiger charge is 2.37. The van der Waals surface area contributed by atoms with Crippen LogP contribution in [0.5, 0.6) is 0 Å². The molecule has 20 heavy (non-hydrogen) atoms. The largest absolute Gasteiger partial charge is 0.565 e. The van der Waals surface area contributed by atoms with Crippen molar-refractivity contribution in [1.82, 2.24) is 5.32 Å². The summed E-state index contributed by atoms with van der Waals surface area (Å²) in [5, 5.41) is 21.4. The minimum absolute atomic E-state index is 0.0209. The second-order valence-corrected chi connectivity index (χ2v) is 5.82. The van der Waals surface area contributed by atoms with Crippen molar-refractivity contribution < 1.29 is 24.4 Å². The van der Waals surface area contributed by atoms with Crippen molar-refractivity contribution in [3.63, 3.8) is 0 Å². The summed E-state index contributed by atoms with van der Waals surface area (Å²) < 4.78 is 5.25. The number of nitrogens with one attached hydrogen (secondary N) is 1. The zero-order valence-corrected chi connectivity index (χ0v) is 11.7.